The Morgan fingerprint density at radius 3 is 2.59 bits per heavy atom. The minimum Gasteiger partial charge on any atom is -0.392 e. The molecule has 3 aromatic rings. The normalized spacial score (nSPS) is 16.0. The highest BCUT2D eigenvalue weighted by atomic mass is 32.2. The molecule has 2 N–H and O–H groups in total. The molecule has 0 amide bonds. The van der Waals surface area contributed by atoms with Crippen molar-refractivity contribution >= 4 is 37.9 Å². The summed E-state index contributed by atoms with van der Waals surface area (Å²) in [7, 11) is -3.53. The van der Waals surface area contributed by atoms with Gasteiger partial charge >= 0.3 is 0 Å². The first kappa shape index (κ1) is 22.0. The number of piperidine rings is 1. The van der Waals surface area contributed by atoms with Crippen molar-refractivity contribution in [1.82, 2.24) is 9.97 Å². The predicted octanol–water partition coefficient (Wildman–Crippen LogP) is 3.27. The molecule has 1 atom stereocenters. The molecule has 0 radical (unpaired) electrons. The fourth-order valence-corrected chi connectivity index (χ4v) is 5.28. The average Bonchev–Trinajstić information content (AvgIpc) is 2.78. The van der Waals surface area contributed by atoms with Crippen molar-refractivity contribution in [3.8, 4) is 6.07 Å². The van der Waals surface area contributed by atoms with Crippen molar-refractivity contribution < 1.29 is 13.5 Å². The number of sulfone groups is 1. The summed E-state index contributed by atoms with van der Waals surface area (Å²) in [6, 6.07) is 12.6. The van der Waals surface area contributed by atoms with Crippen LogP contribution in [-0.4, -0.2) is 48.4 Å². The Bertz CT molecular complexity index is 1240. The van der Waals surface area contributed by atoms with Gasteiger partial charge in [0.25, 0.3) is 0 Å². The fourth-order valence-electron chi connectivity index (χ4n) is 3.90. The highest BCUT2D eigenvalue weighted by Crippen LogP contribution is 2.30. The number of nitrogens with zero attached hydrogens (tertiary/aromatic N) is 4. The van der Waals surface area contributed by atoms with Crippen LogP contribution in [0.3, 0.4) is 0 Å². The lowest BCUT2D eigenvalue weighted by molar-refractivity contribution is 0.218. The Morgan fingerprint density at radius 2 is 1.94 bits per heavy atom. The maximum absolute atomic E-state index is 12.3. The number of anilines is 3. The summed E-state index contributed by atoms with van der Waals surface area (Å²) in [5.41, 5.74) is 0.702. The van der Waals surface area contributed by atoms with Gasteiger partial charge in [0.05, 0.1) is 22.8 Å². The molecule has 9 heteroatoms. The van der Waals surface area contributed by atoms with E-state index in [4.69, 9.17) is 5.26 Å². The number of aromatic nitrogens is 2. The first-order valence-corrected chi connectivity index (χ1v) is 12.2. The zero-order valence-electron chi connectivity index (χ0n) is 17.8. The van der Waals surface area contributed by atoms with Gasteiger partial charge in [0.1, 0.15) is 11.6 Å². The molecule has 0 bridgehead atoms. The van der Waals surface area contributed by atoms with Gasteiger partial charge in [0.15, 0.2) is 9.84 Å². The summed E-state index contributed by atoms with van der Waals surface area (Å²) < 4.78 is 24.5. The third kappa shape index (κ3) is 4.82. The van der Waals surface area contributed by atoms with Crippen molar-refractivity contribution in [2.24, 2.45) is 5.92 Å². The zero-order valence-corrected chi connectivity index (χ0v) is 18.6. The van der Waals surface area contributed by atoms with Gasteiger partial charge in [-0.15, -0.1) is 0 Å². The topological polar surface area (TPSA) is 119 Å². The molecule has 0 saturated carbocycles. The largest absolute Gasteiger partial charge is 0.392 e. The SMILES string of the molecule is CC(O)CS(=O)(=O)c1ccc(Nc2cc3c(N4CCC(C#N)CC4)nccc3cn2)cc1. The molecule has 1 saturated heterocycles. The summed E-state index contributed by atoms with van der Waals surface area (Å²) in [5.74, 6) is 1.29. The number of fused-ring (bicyclic) bond motifs is 1. The molecule has 2 aromatic heterocycles. The minimum absolute atomic E-state index is 0.104. The van der Waals surface area contributed by atoms with E-state index in [1.54, 1.807) is 24.5 Å². The maximum atomic E-state index is 12.3. The van der Waals surface area contributed by atoms with Crippen molar-refractivity contribution in [3.63, 3.8) is 0 Å². The average molecular weight is 452 g/mol. The van der Waals surface area contributed by atoms with Gasteiger partial charge in [-0.05, 0) is 56.2 Å². The van der Waals surface area contributed by atoms with Crippen LogP contribution in [0.15, 0.2) is 53.7 Å². The molecular formula is C23H25N5O3S. The van der Waals surface area contributed by atoms with Crippen molar-refractivity contribution in [2.45, 2.75) is 30.8 Å². The second kappa shape index (κ2) is 9.10. The Labute approximate surface area is 187 Å². The first-order chi connectivity index (χ1) is 15.4. The monoisotopic (exact) mass is 451 g/mol. The highest BCUT2D eigenvalue weighted by molar-refractivity contribution is 7.91. The van der Waals surface area contributed by atoms with Crippen LogP contribution in [0.5, 0.6) is 0 Å². The molecule has 8 nitrogen and oxygen atoms in total. The van der Waals surface area contributed by atoms with E-state index in [9.17, 15) is 13.5 Å². The smallest absolute Gasteiger partial charge is 0.180 e. The lowest BCUT2D eigenvalue weighted by atomic mass is 9.98. The summed E-state index contributed by atoms with van der Waals surface area (Å²) in [5, 5.41) is 23.7. The Morgan fingerprint density at radius 1 is 1.22 bits per heavy atom. The molecule has 1 aliphatic rings. The second-order valence-corrected chi connectivity index (χ2v) is 10.1. The van der Waals surface area contributed by atoms with Crippen LogP contribution in [0.1, 0.15) is 19.8 Å². The Balaban J connectivity index is 1.56. The van der Waals surface area contributed by atoms with E-state index in [0.717, 1.165) is 42.5 Å². The van der Waals surface area contributed by atoms with Crippen LogP contribution in [0, 0.1) is 17.2 Å². The summed E-state index contributed by atoms with van der Waals surface area (Å²) >= 11 is 0. The predicted molar refractivity (Wildman–Crippen MR) is 124 cm³/mol. The number of nitriles is 1. The van der Waals surface area contributed by atoms with Crippen LogP contribution in [0.2, 0.25) is 0 Å². The van der Waals surface area contributed by atoms with Crippen LogP contribution >= 0.6 is 0 Å². The lowest BCUT2D eigenvalue weighted by Crippen LogP contribution is -2.33. The second-order valence-electron chi connectivity index (χ2n) is 8.10. The summed E-state index contributed by atoms with van der Waals surface area (Å²) in [6.07, 6.45) is 4.29. The van der Waals surface area contributed by atoms with Gasteiger partial charge in [0.2, 0.25) is 0 Å². The fraction of sp³-hybridized carbons (Fsp3) is 0.348. The molecule has 4 rings (SSSR count). The van der Waals surface area contributed by atoms with Crippen LogP contribution in [0.25, 0.3) is 10.8 Å². The first-order valence-electron chi connectivity index (χ1n) is 10.5. The highest BCUT2D eigenvalue weighted by Gasteiger charge is 2.21. The number of hydrogen-bond acceptors (Lipinski definition) is 8. The molecule has 1 aliphatic heterocycles. The number of pyridine rings is 2. The molecule has 3 heterocycles. The Kier molecular flexibility index (Phi) is 6.26. The molecule has 1 fully saturated rings. The van der Waals surface area contributed by atoms with E-state index >= 15 is 0 Å². The van der Waals surface area contributed by atoms with Crippen LogP contribution in [0.4, 0.5) is 17.3 Å². The molecule has 32 heavy (non-hydrogen) atoms. The molecular weight excluding hydrogens is 426 g/mol. The van der Waals surface area contributed by atoms with Crippen molar-refractivity contribution in [1.29, 1.82) is 5.26 Å². The molecule has 0 aliphatic carbocycles. The number of benzene rings is 1. The van der Waals surface area contributed by atoms with Crippen LogP contribution < -0.4 is 10.2 Å². The molecule has 1 aromatic carbocycles. The molecule has 0 spiro atoms. The zero-order chi connectivity index (χ0) is 22.7. The van der Waals surface area contributed by atoms with Crippen molar-refractivity contribution in [2.75, 3.05) is 29.1 Å². The summed E-state index contributed by atoms with van der Waals surface area (Å²) in [6.45, 7) is 3.03. The van der Waals surface area contributed by atoms with Gasteiger partial charge in [-0.3, -0.25) is 0 Å². The van der Waals surface area contributed by atoms with E-state index in [0.29, 0.717) is 11.5 Å². The van der Waals surface area contributed by atoms with E-state index in [2.05, 4.69) is 26.3 Å². The van der Waals surface area contributed by atoms with E-state index < -0.39 is 15.9 Å². The third-order valence-electron chi connectivity index (χ3n) is 5.55. The number of aliphatic hydroxyl groups is 1. The maximum Gasteiger partial charge on any atom is 0.180 e. The third-order valence-corrected chi connectivity index (χ3v) is 7.46. The van der Waals surface area contributed by atoms with E-state index in [1.807, 2.05) is 12.1 Å². The van der Waals surface area contributed by atoms with E-state index in [-0.39, 0.29) is 16.6 Å². The number of hydrogen-bond donors (Lipinski definition) is 2. The quantitative estimate of drug-likeness (QED) is 0.586. The van der Waals surface area contributed by atoms with Gasteiger partial charge in [-0.2, -0.15) is 5.26 Å². The minimum atomic E-state index is -3.53. The summed E-state index contributed by atoms with van der Waals surface area (Å²) in [4.78, 5) is 11.4. The van der Waals surface area contributed by atoms with Gasteiger partial charge in [0, 0.05) is 47.9 Å². The van der Waals surface area contributed by atoms with Gasteiger partial charge in [-0.1, -0.05) is 0 Å². The van der Waals surface area contributed by atoms with Crippen molar-refractivity contribution in [3.05, 3.63) is 48.8 Å². The number of aliphatic hydroxyl groups excluding tert-OH is 1. The Hall–Kier alpha value is -3.22. The molecule has 166 valence electrons. The van der Waals surface area contributed by atoms with Gasteiger partial charge < -0.3 is 15.3 Å². The lowest BCUT2D eigenvalue weighted by Gasteiger charge is -2.30. The standard InChI is InChI=1S/C23H25N5O3S/c1-16(29)15-32(30,31)20-4-2-19(3-5-20)27-22-12-21-18(14-26-22)6-9-25-23(21)28-10-7-17(13-24)8-11-28/h2-6,9,12,14,16-17,29H,7-8,10-11,15H2,1H3,(H,26,27). The van der Waals surface area contributed by atoms with Crippen LogP contribution in [-0.2, 0) is 9.84 Å². The molecule has 1 unspecified atom stereocenters. The number of rotatable bonds is 6. The van der Waals surface area contributed by atoms with E-state index in [1.165, 1.54) is 19.1 Å². The van der Waals surface area contributed by atoms with Gasteiger partial charge in [-0.25, -0.2) is 18.4 Å². The number of nitrogens with one attached hydrogen (secondary N) is 1.